The number of hydrogen-bond donors (Lipinski definition) is 2. The number of ether oxygens (including phenoxy) is 1. The van der Waals surface area contributed by atoms with Gasteiger partial charge < -0.3 is 10.1 Å². The number of halogens is 7. The van der Waals surface area contributed by atoms with E-state index in [1.54, 1.807) is 0 Å². The van der Waals surface area contributed by atoms with Gasteiger partial charge in [-0.1, -0.05) is 29.3 Å². The summed E-state index contributed by atoms with van der Waals surface area (Å²) in [6, 6.07) is 12.8. The molecule has 190 valence electrons. The molecule has 0 fully saturated rings. The maximum atomic E-state index is 14.5. The maximum absolute atomic E-state index is 14.5. The van der Waals surface area contributed by atoms with Gasteiger partial charge in [0.05, 0.1) is 21.8 Å². The molecule has 4 aromatic rings. The van der Waals surface area contributed by atoms with Crippen LogP contribution in [-0.4, -0.2) is 27.5 Å². The molecule has 0 saturated heterocycles. The van der Waals surface area contributed by atoms with Crippen molar-refractivity contribution in [3.63, 3.8) is 0 Å². The molecule has 0 spiro atoms. The second-order valence-electron chi connectivity index (χ2n) is 7.14. The van der Waals surface area contributed by atoms with Crippen molar-refractivity contribution in [1.82, 2.24) is 15.0 Å². The number of anilines is 3. The van der Waals surface area contributed by atoms with E-state index in [0.29, 0.717) is 11.3 Å². The summed E-state index contributed by atoms with van der Waals surface area (Å²) < 4.78 is 68.8. The van der Waals surface area contributed by atoms with Crippen molar-refractivity contribution in [3.8, 4) is 17.1 Å². The van der Waals surface area contributed by atoms with Crippen molar-refractivity contribution in [3.05, 3.63) is 87.9 Å². The molecule has 0 aliphatic carbocycles. The van der Waals surface area contributed by atoms with Crippen LogP contribution in [0.5, 0.6) is 5.75 Å². The zero-order valence-electron chi connectivity index (χ0n) is 18.2. The van der Waals surface area contributed by atoms with E-state index in [1.165, 1.54) is 48.7 Å². The first-order valence-corrected chi connectivity index (χ1v) is 10.9. The van der Waals surface area contributed by atoms with Crippen molar-refractivity contribution < 1.29 is 26.7 Å². The predicted octanol–water partition coefficient (Wildman–Crippen LogP) is 7.21. The summed E-state index contributed by atoms with van der Waals surface area (Å²) in [7, 11) is 0. The zero-order valence-corrected chi connectivity index (χ0v) is 19.7. The lowest BCUT2D eigenvalue weighted by Gasteiger charge is -2.10. The van der Waals surface area contributed by atoms with Crippen molar-refractivity contribution in [1.29, 1.82) is 0 Å². The highest BCUT2D eigenvalue weighted by atomic mass is 35.5. The number of nitrogens with one attached hydrogen (secondary N) is 2. The lowest BCUT2D eigenvalue weighted by atomic mass is 10.2. The van der Waals surface area contributed by atoms with Gasteiger partial charge in [-0.15, -0.1) is 13.2 Å². The van der Waals surface area contributed by atoms with Crippen molar-refractivity contribution in [2.45, 2.75) is 6.36 Å². The van der Waals surface area contributed by atoms with E-state index < -0.39 is 23.7 Å². The highest BCUT2D eigenvalue weighted by Gasteiger charge is 2.30. The van der Waals surface area contributed by atoms with Crippen LogP contribution < -0.4 is 15.5 Å². The van der Waals surface area contributed by atoms with Gasteiger partial charge in [0.25, 0.3) is 0 Å². The largest absolute Gasteiger partial charge is 0.573 e. The van der Waals surface area contributed by atoms with Crippen LogP contribution in [0.3, 0.4) is 0 Å². The summed E-state index contributed by atoms with van der Waals surface area (Å²) in [5.74, 6) is -2.05. The molecule has 0 radical (unpaired) electrons. The number of aromatic nitrogens is 3. The Kier molecular flexibility index (Phi) is 7.69. The van der Waals surface area contributed by atoms with Gasteiger partial charge in [0.1, 0.15) is 17.4 Å². The predicted molar refractivity (Wildman–Crippen MR) is 129 cm³/mol. The second kappa shape index (κ2) is 10.9. The van der Waals surface area contributed by atoms with Crippen LogP contribution in [0.1, 0.15) is 5.56 Å². The highest BCUT2D eigenvalue weighted by Crippen LogP contribution is 2.30. The molecule has 0 unspecified atom stereocenters. The molecule has 37 heavy (non-hydrogen) atoms. The van der Waals surface area contributed by atoms with Crippen LogP contribution in [0, 0.1) is 11.6 Å². The Bertz CT molecular complexity index is 1430. The quantitative estimate of drug-likeness (QED) is 0.142. The summed E-state index contributed by atoms with van der Waals surface area (Å²) in [5, 5.41) is 6.66. The van der Waals surface area contributed by atoms with Crippen LogP contribution in [-0.2, 0) is 0 Å². The molecule has 0 atom stereocenters. The van der Waals surface area contributed by atoms with Crippen LogP contribution in [0.25, 0.3) is 11.4 Å². The first-order valence-electron chi connectivity index (χ1n) is 10.1. The summed E-state index contributed by atoms with van der Waals surface area (Å²) in [6.07, 6.45) is -3.52. The van der Waals surface area contributed by atoms with Gasteiger partial charge >= 0.3 is 6.36 Å². The van der Waals surface area contributed by atoms with E-state index in [9.17, 15) is 22.0 Å². The molecular formula is C23H13Cl2F5N6O. The van der Waals surface area contributed by atoms with Crippen LogP contribution in [0.15, 0.2) is 65.8 Å². The Morgan fingerprint density at radius 2 is 1.57 bits per heavy atom. The Morgan fingerprint density at radius 3 is 2.24 bits per heavy atom. The van der Waals surface area contributed by atoms with Crippen molar-refractivity contribution >= 4 is 47.0 Å². The Hall–Kier alpha value is -4.03. The smallest absolute Gasteiger partial charge is 0.406 e. The van der Waals surface area contributed by atoms with Gasteiger partial charge in [-0.05, 0) is 60.2 Å². The van der Waals surface area contributed by atoms with Gasteiger partial charge in [0, 0.05) is 5.69 Å². The topological polar surface area (TPSA) is 84.3 Å². The van der Waals surface area contributed by atoms with Crippen molar-refractivity contribution in [2.75, 3.05) is 10.7 Å². The van der Waals surface area contributed by atoms with Crippen LogP contribution in [0.4, 0.5) is 39.5 Å². The van der Waals surface area contributed by atoms with E-state index in [0.717, 1.165) is 18.2 Å². The lowest BCUT2D eigenvalue weighted by Crippen LogP contribution is -2.17. The van der Waals surface area contributed by atoms with E-state index in [4.69, 9.17) is 23.2 Å². The average molecular weight is 555 g/mol. The van der Waals surface area contributed by atoms with E-state index >= 15 is 0 Å². The van der Waals surface area contributed by atoms with Crippen LogP contribution in [0.2, 0.25) is 10.0 Å². The monoisotopic (exact) mass is 554 g/mol. The molecule has 1 heterocycles. The Balaban J connectivity index is 1.61. The molecule has 0 aliphatic rings. The Labute approximate surface area is 216 Å². The van der Waals surface area contributed by atoms with Crippen LogP contribution >= 0.6 is 23.2 Å². The number of benzene rings is 3. The Morgan fingerprint density at radius 1 is 0.838 bits per heavy atom. The first-order chi connectivity index (χ1) is 17.6. The number of rotatable bonds is 7. The SMILES string of the molecule is Fc1ccc(Nc2nc(N/N=C\c3ccc(OC(F)(F)F)cc3)nc(-c3c(F)cccc3Cl)n2)cc1Cl. The standard InChI is InChI=1S/C23H13Cl2F5N6O/c24-15-2-1-3-18(27)19(15)20-33-21(32-13-6-9-17(26)16(25)10-13)35-22(34-20)36-31-11-12-4-7-14(8-5-12)37-23(28,29)30/h1-11H,(H2,32,33,34,35,36)/b31-11-. The molecular weight excluding hydrogens is 542 g/mol. The third-order valence-corrected chi connectivity index (χ3v) is 5.09. The van der Waals surface area contributed by atoms with Gasteiger partial charge in [-0.3, -0.25) is 0 Å². The van der Waals surface area contributed by atoms with Gasteiger partial charge in [-0.2, -0.15) is 20.1 Å². The number of nitrogens with zero attached hydrogens (tertiary/aromatic N) is 4. The number of hydrogen-bond acceptors (Lipinski definition) is 7. The molecule has 0 amide bonds. The molecule has 0 bridgehead atoms. The highest BCUT2D eigenvalue weighted by molar-refractivity contribution is 6.33. The fourth-order valence-electron chi connectivity index (χ4n) is 2.93. The third kappa shape index (κ3) is 7.02. The van der Waals surface area contributed by atoms with Crippen molar-refractivity contribution in [2.24, 2.45) is 5.10 Å². The zero-order chi connectivity index (χ0) is 26.6. The van der Waals surface area contributed by atoms with E-state index in [2.05, 4.69) is 35.5 Å². The molecule has 7 nitrogen and oxygen atoms in total. The molecule has 2 N–H and O–H groups in total. The summed E-state index contributed by atoms with van der Waals surface area (Å²) >= 11 is 12.0. The van der Waals surface area contributed by atoms with Gasteiger partial charge in [-0.25, -0.2) is 14.2 Å². The normalized spacial score (nSPS) is 11.5. The third-order valence-electron chi connectivity index (χ3n) is 4.49. The molecule has 0 saturated carbocycles. The summed E-state index contributed by atoms with van der Waals surface area (Å²) in [5.41, 5.74) is 3.20. The second-order valence-corrected chi connectivity index (χ2v) is 7.96. The minimum atomic E-state index is -4.81. The fraction of sp³-hybridized carbons (Fsp3) is 0.0435. The first kappa shape index (κ1) is 26.0. The van der Waals surface area contributed by atoms with Gasteiger partial charge in [0.2, 0.25) is 11.9 Å². The fourth-order valence-corrected chi connectivity index (χ4v) is 3.36. The van der Waals surface area contributed by atoms with Gasteiger partial charge in [0.15, 0.2) is 5.82 Å². The average Bonchev–Trinajstić information content (AvgIpc) is 2.81. The summed E-state index contributed by atoms with van der Waals surface area (Å²) in [4.78, 5) is 12.5. The molecule has 3 aromatic carbocycles. The molecule has 0 aliphatic heterocycles. The van der Waals surface area contributed by atoms with E-state index in [1.807, 2.05) is 0 Å². The van der Waals surface area contributed by atoms with E-state index in [-0.39, 0.29) is 33.3 Å². The minimum absolute atomic E-state index is 0.0394. The lowest BCUT2D eigenvalue weighted by molar-refractivity contribution is -0.274. The molecule has 4 rings (SSSR count). The molecule has 1 aromatic heterocycles. The number of hydrazone groups is 1. The maximum Gasteiger partial charge on any atom is 0.573 e. The molecule has 14 heteroatoms. The summed E-state index contributed by atoms with van der Waals surface area (Å²) in [6.45, 7) is 0. The number of alkyl halides is 3. The minimum Gasteiger partial charge on any atom is -0.406 e.